The van der Waals surface area contributed by atoms with Crippen molar-refractivity contribution in [2.24, 2.45) is 5.73 Å². The molecule has 0 spiro atoms. The molecule has 2 radical (unpaired) electrons. The lowest BCUT2D eigenvalue weighted by molar-refractivity contribution is -0.127. The highest BCUT2D eigenvalue weighted by molar-refractivity contribution is 5.80. The lowest BCUT2D eigenvalue weighted by Gasteiger charge is -2.28. The quantitative estimate of drug-likeness (QED) is 0.500. The van der Waals surface area contributed by atoms with Gasteiger partial charge in [-0.1, -0.05) is 0 Å². The number of amides is 1. The average Bonchev–Trinajstić information content (AvgIpc) is 1.88. The molecule has 0 aromatic rings. The first-order valence-electron chi connectivity index (χ1n) is 3.50. The fourth-order valence-electron chi connectivity index (χ4n) is 1.12. The maximum Gasteiger partial charge on any atom is 0.227 e. The zero-order valence-corrected chi connectivity index (χ0v) is 5.92. The van der Waals surface area contributed by atoms with Gasteiger partial charge in [0.05, 0.1) is 6.92 Å². The van der Waals surface area contributed by atoms with Crippen LogP contribution in [0.5, 0.6) is 0 Å². The lowest BCUT2D eigenvalue weighted by atomic mass is 10.1. The zero-order chi connectivity index (χ0) is 7.56. The van der Waals surface area contributed by atoms with Crippen molar-refractivity contribution in [2.75, 3.05) is 13.1 Å². The summed E-state index contributed by atoms with van der Waals surface area (Å²) < 4.78 is 0. The maximum atomic E-state index is 10.6. The third-order valence-corrected chi connectivity index (χ3v) is 1.85. The van der Waals surface area contributed by atoms with E-state index in [0.717, 1.165) is 25.9 Å². The van der Waals surface area contributed by atoms with E-state index < -0.39 is 0 Å². The molecule has 0 aromatic carbocycles. The smallest absolute Gasteiger partial charge is 0.227 e. The molecule has 3 nitrogen and oxygen atoms in total. The summed E-state index contributed by atoms with van der Waals surface area (Å²) in [5.41, 5.74) is 5.62. The minimum atomic E-state index is -0.327. The molecule has 1 fully saturated rings. The van der Waals surface area contributed by atoms with Gasteiger partial charge in [-0.3, -0.25) is 4.79 Å². The van der Waals surface area contributed by atoms with E-state index in [1.807, 2.05) is 0 Å². The summed E-state index contributed by atoms with van der Waals surface area (Å²) in [4.78, 5) is 12.2. The Kier molecular flexibility index (Phi) is 2.27. The first-order chi connectivity index (χ1) is 4.70. The Bertz CT molecular complexity index is 128. The van der Waals surface area contributed by atoms with Gasteiger partial charge in [0, 0.05) is 19.1 Å². The van der Waals surface area contributed by atoms with Gasteiger partial charge < -0.3 is 10.6 Å². The SMILES string of the molecule is [CH]C(=O)N1CCC(N)CC1. The Labute approximate surface area is 61.2 Å². The molecular formula is C7H12N2O. The van der Waals surface area contributed by atoms with E-state index in [4.69, 9.17) is 12.7 Å². The summed E-state index contributed by atoms with van der Waals surface area (Å²) >= 11 is 0. The lowest BCUT2D eigenvalue weighted by Crippen LogP contribution is -2.41. The van der Waals surface area contributed by atoms with Crippen LogP contribution in [-0.4, -0.2) is 29.9 Å². The highest BCUT2D eigenvalue weighted by Crippen LogP contribution is 2.07. The number of hydrogen-bond acceptors (Lipinski definition) is 2. The van der Waals surface area contributed by atoms with E-state index in [1.165, 1.54) is 0 Å². The molecule has 1 aliphatic heterocycles. The van der Waals surface area contributed by atoms with Gasteiger partial charge in [0.15, 0.2) is 0 Å². The second kappa shape index (κ2) is 3.01. The minimum Gasteiger partial charge on any atom is -0.342 e. The number of likely N-dealkylation sites (tertiary alicyclic amines) is 1. The molecule has 0 unspecified atom stereocenters. The molecule has 1 saturated heterocycles. The van der Waals surface area contributed by atoms with Crippen LogP contribution in [0.15, 0.2) is 0 Å². The van der Waals surface area contributed by atoms with Gasteiger partial charge >= 0.3 is 0 Å². The second-order valence-electron chi connectivity index (χ2n) is 2.66. The summed E-state index contributed by atoms with van der Waals surface area (Å²) in [6, 6.07) is 0.260. The molecule has 56 valence electrons. The first-order valence-corrected chi connectivity index (χ1v) is 3.50. The molecule has 1 heterocycles. The van der Waals surface area contributed by atoms with Crippen molar-refractivity contribution in [1.82, 2.24) is 4.90 Å². The third-order valence-electron chi connectivity index (χ3n) is 1.85. The van der Waals surface area contributed by atoms with Crippen molar-refractivity contribution in [3.63, 3.8) is 0 Å². The number of hydrogen-bond donors (Lipinski definition) is 1. The fraction of sp³-hybridized carbons (Fsp3) is 0.714. The third kappa shape index (κ3) is 1.70. The van der Waals surface area contributed by atoms with Crippen molar-refractivity contribution >= 4 is 5.91 Å². The molecule has 1 amide bonds. The minimum absolute atomic E-state index is 0.260. The first kappa shape index (κ1) is 7.54. The Morgan fingerprint density at radius 3 is 2.40 bits per heavy atom. The highest BCUT2D eigenvalue weighted by Gasteiger charge is 2.17. The standard InChI is InChI=1S/C7H12N2O/c1-6(10)9-4-2-7(8)3-5-9/h1,7H,2-5,8H2. The molecular weight excluding hydrogens is 128 g/mol. The molecule has 0 bridgehead atoms. The topological polar surface area (TPSA) is 46.3 Å². The van der Waals surface area contributed by atoms with Gasteiger partial charge in [-0.05, 0) is 12.8 Å². The largest absolute Gasteiger partial charge is 0.342 e. The van der Waals surface area contributed by atoms with E-state index >= 15 is 0 Å². The molecule has 0 saturated carbocycles. The van der Waals surface area contributed by atoms with Crippen molar-refractivity contribution in [1.29, 1.82) is 0 Å². The number of nitrogens with zero attached hydrogens (tertiary/aromatic N) is 1. The predicted molar refractivity (Wildman–Crippen MR) is 38.1 cm³/mol. The van der Waals surface area contributed by atoms with E-state index in [1.54, 1.807) is 4.90 Å². The fourth-order valence-corrected chi connectivity index (χ4v) is 1.12. The van der Waals surface area contributed by atoms with E-state index in [2.05, 4.69) is 0 Å². The maximum absolute atomic E-state index is 10.6. The predicted octanol–water partition coefficient (Wildman–Crippen LogP) is -0.353. The van der Waals surface area contributed by atoms with Crippen LogP contribution in [0.2, 0.25) is 0 Å². The summed E-state index contributed by atoms with van der Waals surface area (Å²) in [5.74, 6) is -0.327. The van der Waals surface area contributed by atoms with Gasteiger partial charge in [-0.2, -0.15) is 0 Å². The average molecular weight is 140 g/mol. The van der Waals surface area contributed by atoms with Crippen LogP contribution in [0.3, 0.4) is 0 Å². The summed E-state index contributed by atoms with van der Waals surface area (Å²) in [5, 5.41) is 0. The van der Waals surface area contributed by atoms with Crippen LogP contribution in [0.25, 0.3) is 0 Å². The highest BCUT2D eigenvalue weighted by atomic mass is 16.2. The molecule has 3 heteroatoms. The molecule has 1 rings (SSSR count). The van der Waals surface area contributed by atoms with Crippen LogP contribution in [0, 0.1) is 6.92 Å². The molecule has 10 heavy (non-hydrogen) atoms. The van der Waals surface area contributed by atoms with Crippen LogP contribution in [0.4, 0.5) is 0 Å². The zero-order valence-electron chi connectivity index (χ0n) is 5.92. The van der Waals surface area contributed by atoms with Crippen LogP contribution in [-0.2, 0) is 4.79 Å². The molecule has 0 aromatic heterocycles. The summed E-state index contributed by atoms with van der Waals surface area (Å²) in [6.45, 7) is 6.50. The molecule has 1 aliphatic rings. The number of carbonyl (C=O) groups is 1. The number of carbonyl (C=O) groups excluding carboxylic acids is 1. The number of piperidine rings is 1. The van der Waals surface area contributed by atoms with Gasteiger partial charge in [0.25, 0.3) is 0 Å². The Morgan fingerprint density at radius 1 is 1.50 bits per heavy atom. The van der Waals surface area contributed by atoms with Gasteiger partial charge in [-0.25, -0.2) is 0 Å². The molecule has 2 N–H and O–H groups in total. The molecule has 0 atom stereocenters. The Morgan fingerprint density at radius 2 is 2.00 bits per heavy atom. The van der Waals surface area contributed by atoms with Crippen LogP contribution in [0.1, 0.15) is 12.8 Å². The van der Waals surface area contributed by atoms with Gasteiger partial charge in [0.1, 0.15) is 0 Å². The van der Waals surface area contributed by atoms with Crippen molar-refractivity contribution in [3.05, 3.63) is 6.92 Å². The summed E-state index contributed by atoms with van der Waals surface area (Å²) in [6.07, 6.45) is 1.76. The van der Waals surface area contributed by atoms with E-state index in [9.17, 15) is 4.79 Å². The van der Waals surface area contributed by atoms with Crippen molar-refractivity contribution in [3.8, 4) is 0 Å². The Hall–Kier alpha value is -0.570. The second-order valence-corrected chi connectivity index (χ2v) is 2.66. The van der Waals surface area contributed by atoms with Crippen LogP contribution < -0.4 is 5.73 Å². The molecule has 0 aliphatic carbocycles. The Balaban J connectivity index is 2.33. The van der Waals surface area contributed by atoms with Gasteiger partial charge in [0.2, 0.25) is 5.91 Å². The van der Waals surface area contributed by atoms with E-state index in [0.29, 0.717) is 0 Å². The monoisotopic (exact) mass is 140 g/mol. The van der Waals surface area contributed by atoms with Crippen LogP contribution >= 0.6 is 0 Å². The number of rotatable bonds is 0. The summed E-state index contributed by atoms with van der Waals surface area (Å²) in [7, 11) is 0. The number of nitrogens with two attached hydrogens (primary N) is 1. The van der Waals surface area contributed by atoms with Crippen molar-refractivity contribution in [2.45, 2.75) is 18.9 Å². The van der Waals surface area contributed by atoms with Crippen molar-refractivity contribution < 1.29 is 4.79 Å². The van der Waals surface area contributed by atoms with Gasteiger partial charge in [-0.15, -0.1) is 0 Å². The van der Waals surface area contributed by atoms with E-state index in [-0.39, 0.29) is 11.9 Å². The normalized spacial score (nSPS) is 21.2.